The lowest BCUT2D eigenvalue weighted by molar-refractivity contribution is 0.361. The molecule has 0 saturated heterocycles. The van der Waals surface area contributed by atoms with E-state index in [2.05, 4.69) is 55.7 Å². The second-order valence-corrected chi connectivity index (χ2v) is 6.83. The number of benzene rings is 1. The number of hydrogen-bond donors (Lipinski definition) is 1. The molecule has 2 atom stereocenters. The van der Waals surface area contributed by atoms with Gasteiger partial charge in [0.2, 0.25) is 0 Å². The van der Waals surface area contributed by atoms with Crippen LogP contribution in [0.4, 0.5) is 0 Å². The fourth-order valence-corrected chi connectivity index (χ4v) is 3.52. The van der Waals surface area contributed by atoms with Gasteiger partial charge in [-0.05, 0) is 41.5 Å². The first-order valence-corrected chi connectivity index (χ1v) is 8.42. The van der Waals surface area contributed by atoms with Crippen LogP contribution in [0.2, 0.25) is 5.02 Å². The van der Waals surface area contributed by atoms with Gasteiger partial charge in [0.05, 0.1) is 0 Å². The minimum Gasteiger partial charge on any atom is -0.302 e. The zero-order chi connectivity index (χ0) is 14.5. The average molecular weight is 308 g/mol. The van der Waals surface area contributed by atoms with Gasteiger partial charge in [0.1, 0.15) is 0 Å². The monoisotopic (exact) mass is 307 g/mol. The molecule has 1 nitrogen and oxygen atoms in total. The Hall–Kier alpha value is -0.830. The van der Waals surface area contributed by atoms with Gasteiger partial charge >= 0.3 is 0 Å². The fraction of sp³-hybridized carbons (Fsp3) is 0.412. The van der Waals surface area contributed by atoms with Crippen molar-refractivity contribution < 1.29 is 0 Å². The lowest BCUT2D eigenvalue weighted by atomic mass is 9.98. The molecule has 0 saturated carbocycles. The van der Waals surface area contributed by atoms with Crippen LogP contribution in [-0.2, 0) is 0 Å². The van der Waals surface area contributed by atoms with E-state index in [1.165, 1.54) is 10.4 Å². The first-order chi connectivity index (χ1) is 9.61. The number of halogens is 1. The molecule has 0 amide bonds. The molecule has 2 unspecified atom stereocenters. The van der Waals surface area contributed by atoms with Gasteiger partial charge in [-0.3, -0.25) is 0 Å². The van der Waals surface area contributed by atoms with Crippen molar-refractivity contribution in [2.24, 2.45) is 5.92 Å². The normalized spacial score (nSPS) is 14.4. The van der Waals surface area contributed by atoms with Gasteiger partial charge in [0.25, 0.3) is 0 Å². The molecule has 1 heterocycles. The van der Waals surface area contributed by atoms with E-state index in [-0.39, 0.29) is 0 Å². The third-order valence-corrected chi connectivity index (χ3v) is 4.79. The molecule has 1 aromatic heterocycles. The molecule has 0 fully saturated rings. The highest BCUT2D eigenvalue weighted by Gasteiger charge is 2.20. The van der Waals surface area contributed by atoms with E-state index >= 15 is 0 Å². The van der Waals surface area contributed by atoms with Crippen molar-refractivity contribution in [1.29, 1.82) is 0 Å². The van der Waals surface area contributed by atoms with Crippen LogP contribution < -0.4 is 5.32 Å². The molecular weight excluding hydrogens is 286 g/mol. The van der Waals surface area contributed by atoms with Gasteiger partial charge in [0, 0.05) is 22.0 Å². The van der Waals surface area contributed by atoms with Crippen LogP contribution in [-0.4, -0.2) is 0 Å². The Labute approximate surface area is 131 Å². The SMILES string of the molecule is CCC(NC(c1cccs1)C(C)C)c1ccc(Cl)cc1. The third-order valence-electron chi connectivity index (χ3n) is 3.58. The maximum atomic E-state index is 5.98. The van der Waals surface area contributed by atoms with E-state index < -0.39 is 0 Å². The molecular formula is C17H22ClNS. The Morgan fingerprint density at radius 3 is 2.35 bits per heavy atom. The van der Waals surface area contributed by atoms with Gasteiger partial charge < -0.3 is 5.32 Å². The maximum Gasteiger partial charge on any atom is 0.0442 e. The number of hydrogen-bond acceptors (Lipinski definition) is 2. The summed E-state index contributed by atoms with van der Waals surface area (Å²) in [5.41, 5.74) is 1.30. The predicted molar refractivity (Wildman–Crippen MR) is 89.5 cm³/mol. The van der Waals surface area contributed by atoms with Crippen LogP contribution >= 0.6 is 22.9 Å². The highest BCUT2D eigenvalue weighted by molar-refractivity contribution is 7.10. The van der Waals surface area contributed by atoms with Crippen molar-refractivity contribution in [2.45, 2.75) is 39.3 Å². The van der Waals surface area contributed by atoms with Crippen molar-refractivity contribution in [2.75, 3.05) is 0 Å². The fourth-order valence-electron chi connectivity index (χ4n) is 2.43. The third kappa shape index (κ3) is 3.85. The van der Waals surface area contributed by atoms with Crippen LogP contribution in [0.25, 0.3) is 0 Å². The lowest BCUT2D eigenvalue weighted by Gasteiger charge is -2.27. The summed E-state index contributed by atoms with van der Waals surface area (Å²) in [4.78, 5) is 1.41. The molecule has 1 aromatic carbocycles. The van der Waals surface area contributed by atoms with Gasteiger partial charge in [0.15, 0.2) is 0 Å². The Bertz CT molecular complexity index is 504. The Morgan fingerprint density at radius 2 is 1.85 bits per heavy atom. The van der Waals surface area contributed by atoms with Gasteiger partial charge in [-0.25, -0.2) is 0 Å². The predicted octanol–water partition coefficient (Wildman–Crippen LogP) is 5.84. The molecule has 20 heavy (non-hydrogen) atoms. The van der Waals surface area contributed by atoms with Crippen molar-refractivity contribution in [1.82, 2.24) is 5.32 Å². The van der Waals surface area contributed by atoms with Crippen LogP contribution in [0.3, 0.4) is 0 Å². The molecule has 0 radical (unpaired) electrons. The zero-order valence-electron chi connectivity index (χ0n) is 12.3. The summed E-state index contributed by atoms with van der Waals surface area (Å²) >= 11 is 7.80. The molecule has 0 aliphatic rings. The standard InChI is InChI=1S/C17H22ClNS/c1-4-15(13-7-9-14(18)10-8-13)19-17(12(2)3)16-6-5-11-20-16/h5-12,15,17,19H,4H2,1-3H3. The summed E-state index contributed by atoms with van der Waals surface area (Å²) in [7, 11) is 0. The first kappa shape index (κ1) is 15.6. The van der Waals surface area contributed by atoms with Crippen LogP contribution in [0.1, 0.15) is 49.7 Å². The van der Waals surface area contributed by atoms with Crippen molar-refractivity contribution >= 4 is 22.9 Å². The summed E-state index contributed by atoms with van der Waals surface area (Å²) < 4.78 is 0. The molecule has 2 aromatic rings. The summed E-state index contributed by atoms with van der Waals surface area (Å²) in [6.45, 7) is 6.76. The van der Waals surface area contributed by atoms with E-state index in [0.717, 1.165) is 11.4 Å². The molecule has 1 N–H and O–H groups in total. The largest absolute Gasteiger partial charge is 0.302 e. The smallest absolute Gasteiger partial charge is 0.0442 e. The topological polar surface area (TPSA) is 12.0 Å². The molecule has 108 valence electrons. The zero-order valence-corrected chi connectivity index (χ0v) is 13.8. The lowest BCUT2D eigenvalue weighted by Crippen LogP contribution is -2.29. The van der Waals surface area contributed by atoms with Gasteiger partial charge in [-0.15, -0.1) is 11.3 Å². The van der Waals surface area contributed by atoms with E-state index in [4.69, 9.17) is 11.6 Å². The average Bonchev–Trinajstić information content (AvgIpc) is 2.95. The van der Waals surface area contributed by atoms with Crippen molar-refractivity contribution in [3.63, 3.8) is 0 Å². The Balaban J connectivity index is 2.17. The minimum absolute atomic E-state index is 0.363. The van der Waals surface area contributed by atoms with Gasteiger partial charge in [-0.2, -0.15) is 0 Å². The number of rotatable bonds is 6. The Morgan fingerprint density at radius 1 is 1.15 bits per heavy atom. The maximum absolute atomic E-state index is 5.98. The highest BCUT2D eigenvalue weighted by Crippen LogP contribution is 2.30. The molecule has 0 bridgehead atoms. The minimum atomic E-state index is 0.363. The van der Waals surface area contributed by atoms with E-state index in [1.807, 2.05) is 23.5 Å². The van der Waals surface area contributed by atoms with Crippen LogP contribution in [0.15, 0.2) is 41.8 Å². The first-order valence-electron chi connectivity index (χ1n) is 7.16. The van der Waals surface area contributed by atoms with Crippen molar-refractivity contribution in [3.8, 4) is 0 Å². The van der Waals surface area contributed by atoms with E-state index in [9.17, 15) is 0 Å². The molecule has 0 aliphatic heterocycles. The summed E-state index contributed by atoms with van der Waals surface area (Å²) in [5, 5.41) is 6.75. The summed E-state index contributed by atoms with van der Waals surface area (Å²) in [6, 6.07) is 13.3. The summed E-state index contributed by atoms with van der Waals surface area (Å²) in [6.07, 6.45) is 1.07. The molecule has 3 heteroatoms. The van der Waals surface area contributed by atoms with Crippen LogP contribution in [0, 0.1) is 5.92 Å². The number of thiophene rings is 1. The number of nitrogens with one attached hydrogen (secondary N) is 1. The van der Waals surface area contributed by atoms with Gasteiger partial charge in [-0.1, -0.05) is 50.6 Å². The molecule has 2 rings (SSSR count). The van der Waals surface area contributed by atoms with E-state index in [1.54, 1.807) is 0 Å². The molecule has 0 spiro atoms. The van der Waals surface area contributed by atoms with E-state index in [0.29, 0.717) is 18.0 Å². The molecule has 0 aliphatic carbocycles. The van der Waals surface area contributed by atoms with Crippen LogP contribution in [0.5, 0.6) is 0 Å². The summed E-state index contributed by atoms with van der Waals surface area (Å²) in [5.74, 6) is 0.565. The highest BCUT2D eigenvalue weighted by atomic mass is 35.5. The second-order valence-electron chi connectivity index (χ2n) is 5.42. The van der Waals surface area contributed by atoms with Crippen molar-refractivity contribution in [3.05, 3.63) is 57.2 Å². The second kappa shape index (κ2) is 7.26. The Kier molecular flexibility index (Phi) is 5.64. The quantitative estimate of drug-likeness (QED) is 0.707.